The molecule has 3 rings (SSSR count). The summed E-state index contributed by atoms with van der Waals surface area (Å²) in [5, 5.41) is 12.0. The number of furan rings is 1. The summed E-state index contributed by atoms with van der Waals surface area (Å²) in [5.41, 5.74) is 0.726. The van der Waals surface area contributed by atoms with E-state index in [1.807, 2.05) is 6.07 Å². The molecule has 0 aliphatic heterocycles. The topological polar surface area (TPSA) is 101 Å². The highest BCUT2D eigenvalue weighted by Gasteiger charge is 2.25. The maximum absolute atomic E-state index is 12.0. The molecule has 1 aliphatic rings. The van der Waals surface area contributed by atoms with Crippen LogP contribution in [0, 0.1) is 11.3 Å². The van der Waals surface area contributed by atoms with Crippen LogP contribution in [-0.4, -0.2) is 28.0 Å². The van der Waals surface area contributed by atoms with Gasteiger partial charge in [0.05, 0.1) is 11.8 Å². The van der Waals surface area contributed by atoms with E-state index in [1.54, 1.807) is 6.07 Å². The SMILES string of the molecule is N#Cc1nccnc1OC1CCC(NC(=O)c2ccoc2)CC1. The molecule has 7 heteroatoms. The molecular formula is C16H16N4O3. The summed E-state index contributed by atoms with van der Waals surface area (Å²) in [4.78, 5) is 20.0. The van der Waals surface area contributed by atoms with Crippen molar-refractivity contribution in [1.29, 1.82) is 5.26 Å². The summed E-state index contributed by atoms with van der Waals surface area (Å²) < 4.78 is 10.7. The van der Waals surface area contributed by atoms with E-state index in [0.717, 1.165) is 25.7 Å². The molecule has 1 saturated carbocycles. The molecular weight excluding hydrogens is 296 g/mol. The fraction of sp³-hybridized carbons (Fsp3) is 0.375. The first-order valence-corrected chi connectivity index (χ1v) is 7.47. The van der Waals surface area contributed by atoms with Crippen LogP contribution in [0.15, 0.2) is 35.4 Å². The van der Waals surface area contributed by atoms with Crippen molar-refractivity contribution >= 4 is 5.91 Å². The summed E-state index contributed by atoms with van der Waals surface area (Å²) in [7, 11) is 0. The average Bonchev–Trinajstić information content (AvgIpc) is 3.12. The summed E-state index contributed by atoms with van der Waals surface area (Å²) >= 11 is 0. The minimum atomic E-state index is -0.121. The Bertz CT molecular complexity index is 700. The molecule has 0 aromatic carbocycles. The zero-order chi connectivity index (χ0) is 16.1. The summed E-state index contributed by atoms with van der Waals surface area (Å²) in [6.45, 7) is 0. The molecule has 0 radical (unpaired) electrons. The molecule has 0 spiro atoms. The number of rotatable bonds is 4. The van der Waals surface area contributed by atoms with Crippen LogP contribution < -0.4 is 10.1 Å². The molecule has 2 aromatic heterocycles. The first kappa shape index (κ1) is 15.0. The van der Waals surface area contributed by atoms with E-state index in [4.69, 9.17) is 14.4 Å². The highest BCUT2D eigenvalue weighted by Crippen LogP contribution is 2.24. The largest absolute Gasteiger partial charge is 0.472 e. The molecule has 0 unspecified atom stereocenters. The monoisotopic (exact) mass is 312 g/mol. The lowest BCUT2D eigenvalue weighted by Crippen LogP contribution is -2.39. The van der Waals surface area contributed by atoms with Gasteiger partial charge in [0.15, 0.2) is 0 Å². The van der Waals surface area contributed by atoms with Crippen molar-refractivity contribution in [3.8, 4) is 11.9 Å². The van der Waals surface area contributed by atoms with E-state index < -0.39 is 0 Å². The van der Waals surface area contributed by atoms with Gasteiger partial charge >= 0.3 is 0 Å². The lowest BCUT2D eigenvalue weighted by atomic mass is 9.93. The van der Waals surface area contributed by atoms with Crippen LogP contribution in [0.25, 0.3) is 0 Å². The zero-order valence-electron chi connectivity index (χ0n) is 12.4. The van der Waals surface area contributed by atoms with Crippen molar-refractivity contribution in [2.24, 2.45) is 0 Å². The van der Waals surface area contributed by atoms with Gasteiger partial charge in [-0.1, -0.05) is 0 Å². The third-order valence-corrected chi connectivity index (χ3v) is 3.84. The fourth-order valence-corrected chi connectivity index (χ4v) is 2.63. The van der Waals surface area contributed by atoms with E-state index in [0.29, 0.717) is 5.56 Å². The van der Waals surface area contributed by atoms with E-state index in [9.17, 15) is 4.79 Å². The van der Waals surface area contributed by atoms with Gasteiger partial charge in [0, 0.05) is 18.4 Å². The van der Waals surface area contributed by atoms with Crippen molar-refractivity contribution in [3.05, 3.63) is 42.2 Å². The Morgan fingerprint density at radius 3 is 2.78 bits per heavy atom. The second-order valence-electron chi connectivity index (χ2n) is 5.40. The van der Waals surface area contributed by atoms with Gasteiger partial charge in [-0.05, 0) is 31.7 Å². The predicted molar refractivity (Wildman–Crippen MR) is 79.6 cm³/mol. The van der Waals surface area contributed by atoms with E-state index >= 15 is 0 Å². The first-order valence-electron chi connectivity index (χ1n) is 7.47. The highest BCUT2D eigenvalue weighted by molar-refractivity contribution is 5.93. The van der Waals surface area contributed by atoms with Crippen LogP contribution in [-0.2, 0) is 0 Å². The molecule has 1 amide bonds. The van der Waals surface area contributed by atoms with Crippen molar-refractivity contribution in [3.63, 3.8) is 0 Å². The quantitative estimate of drug-likeness (QED) is 0.927. The highest BCUT2D eigenvalue weighted by atomic mass is 16.5. The zero-order valence-corrected chi connectivity index (χ0v) is 12.4. The Balaban J connectivity index is 1.51. The van der Waals surface area contributed by atoms with Gasteiger partial charge in [-0.15, -0.1) is 0 Å². The minimum Gasteiger partial charge on any atom is -0.472 e. The van der Waals surface area contributed by atoms with Gasteiger partial charge in [-0.25, -0.2) is 9.97 Å². The van der Waals surface area contributed by atoms with E-state index in [-0.39, 0.29) is 29.6 Å². The molecule has 0 saturated heterocycles. The van der Waals surface area contributed by atoms with Crippen LogP contribution in [0.4, 0.5) is 0 Å². The molecule has 1 N–H and O–H groups in total. The molecule has 23 heavy (non-hydrogen) atoms. The number of ether oxygens (including phenoxy) is 1. The van der Waals surface area contributed by atoms with Gasteiger partial charge in [0.2, 0.25) is 5.69 Å². The van der Waals surface area contributed by atoms with Crippen molar-refractivity contribution in [2.45, 2.75) is 37.8 Å². The van der Waals surface area contributed by atoms with Gasteiger partial charge in [0.25, 0.3) is 11.8 Å². The van der Waals surface area contributed by atoms with Gasteiger partial charge in [-0.2, -0.15) is 5.26 Å². The minimum absolute atomic E-state index is 0.0131. The molecule has 1 fully saturated rings. The molecule has 2 aromatic rings. The van der Waals surface area contributed by atoms with Crippen molar-refractivity contribution in [1.82, 2.24) is 15.3 Å². The van der Waals surface area contributed by atoms with Gasteiger partial charge < -0.3 is 14.5 Å². The lowest BCUT2D eigenvalue weighted by molar-refractivity contribution is 0.0889. The maximum Gasteiger partial charge on any atom is 0.254 e. The van der Waals surface area contributed by atoms with Crippen molar-refractivity contribution in [2.75, 3.05) is 0 Å². The number of aromatic nitrogens is 2. The summed E-state index contributed by atoms with van der Waals surface area (Å²) in [6, 6.07) is 3.73. The van der Waals surface area contributed by atoms with E-state index in [2.05, 4.69) is 15.3 Å². The second kappa shape index (κ2) is 6.92. The number of nitrogens with one attached hydrogen (secondary N) is 1. The van der Waals surface area contributed by atoms with Gasteiger partial charge in [-0.3, -0.25) is 4.79 Å². The molecule has 1 aliphatic carbocycles. The van der Waals surface area contributed by atoms with Crippen LogP contribution >= 0.6 is 0 Å². The third kappa shape index (κ3) is 3.66. The smallest absolute Gasteiger partial charge is 0.254 e. The van der Waals surface area contributed by atoms with Crippen LogP contribution in [0.3, 0.4) is 0 Å². The summed E-state index contributed by atoms with van der Waals surface area (Å²) in [5.74, 6) is 0.157. The van der Waals surface area contributed by atoms with Crippen LogP contribution in [0.1, 0.15) is 41.7 Å². The average molecular weight is 312 g/mol. The predicted octanol–water partition coefficient (Wildman–Crippen LogP) is 2.06. The Labute approximate surface area is 133 Å². The first-order chi connectivity index (χ1) is 11.3. The number of nitriles is 1. The molecule has 0 atom stereocenters. The maximum atomic E-state index is 12.0. The third-order valence-electron chi connectivity index (χ3n) is 3.84. The molecule has 7 nitrogen and oxygen atoms in total. The number of carbonyl (C=O) groups is 1. The number of carbonyl (C=O) groups excluding carboxylic acids is 1. The molecule has 118 valence electrons. The summed E-state index contributed by atoms with van der Waals surface area (Å²) in [6.07, 6.45) is 9.08. The Morgan fingerprint density at radius 1 is 1.30 bits per heavy atom. The molecule has 2 heterocycles. The van der Waals surface area contributed by atoms with Crippen LogP contribution in [0.5, 0.6) is 5.88 Å². The van der Waals surface area contributed by atoms with Crippen molar-refractivity contribution < 1.29 is 13.9 Å². The fourth-order valence-electron chi connectivity index (χ4n) is 2.63. The van der Waals surface area contributed by atoms with Crippen LogP contribution in [0.2, 0.25) is 0 Å². The second-order valence-corrected chi connectivity index (χ2v) is 5.40. The Morgan fingerprint density at radius 2 is 2.09 bits per heavy atom. The van der Waals surface area contributed by atoms with E-state index in [1.165, 1.54) is 24.9 Å². The van der Waals surface area contributed by atoms with Gasteiger partial charge in [0.1, 0.15) is 18.4 Å². The number of hydrogen-bond acceptors (Lipinski definition) is 6. The lowest BCUT2D eigenvalue weighted by Gasteiger charge is -2.29. The Hall–Kier alpha value is -2.88. The Kier molecular flexibility index (Phi) is 4.52. The number of amides is 1. The number of nitrogens with zero attached hydrogens (tertiary/aromatic N) is 3. The standard InChI is InChI=1S/C16H16N4O3/c17-9-14-16(19-7-6-18-14)23-13-3-1-12(2-4-13)20-15(21)11-5-8-22-10-11/h5-8,10,12-13H,1-4H2,(H,20,21). The molecule has 0 bridgehead atoms. The number of hydrogen-bond donors (Lipinski definition) is 1. The normalized spacial score (nSPS) is 20.5.